The van der Waals surface area contributed by atoms with Crippen LogP contribution in [0.25, 0.3) is 0 Å². The van der Waals surface area contributed by atoms with E-state index < -0.39 is 6.10 Å². The Kier molecular flexibility index (Phi) is 5.07. The molecular weight excluding hydrogens is 408 g/mol. The Labute approximate surface area is 201 Å². The second-order valence-electron chi connectivity index (χ2n) is 15.0. The summed E-state index contributed by atoms with van der Waals surface area (Å²) in [5.41, 5.74) is 1.43. The monoisotopic (exact) mass is 456 g/mol. The molecule has 0 radical (unpaired) electrons. The van der Waals surface area contributed by atoms with E-state index in [-0.39, 0.29) is 45.0 Å². The molecule has 0 amide bonds. The maximum atomic E-state index is 12.9. The van der Waals surface area contributed by atoms with E-state index >= 15 is 0 Å². The van der Waals surface area contributed by atoms with Crippen molar-refractivity contribution in [2.45, 2.75) is 112 Å². The lowest BCUT2D eigenvalue weighted by atomic mass is 9.33. The van der Waals surface area contributed by atoms with E-state index in [1.165, 1.54) is 0 Å². The van der Waals surface area contributed by atoms with Crippen molar-refractivity contribution in [2.75, 3.05) is 6.61 Å². The fraction of sp³-hybridized carbons (Fsp3) is 0.900. The number of carbonyl (C=O) groups is 1. The van der Waals surface area contributed by atoms with Gasteiger partial charge in [0, 0.05) is 17.3 Å². The smallest absolute Gasteiger partial charge is 0.138 e. The van der Waals surface area contributed by atoms with Gasteiger partial charge in [-0.1, -0.05) is 60.1 Å². The summed E-state index contributed by atoms with van der Waals surface area (Å²) in [4.78, 5) is 12.9. The Morgan fingerprint density at radius 2 is 1.64 bits per heavy atom. The van der Waals surface area contributed by atoms with Crippen molar-refractivity contribution in [3.05, 3.63) is 11.6 Å². The first kappa shape index (κ1) is 24.0. The first-order chi connectivity index (χ1) is 15.2. The molecule has 3 heteroatoms. The van der Waals surface area contributed by atoms with Crippen LogP contribution in [0.5, 0.6) is 0 Å². The second kappa shape index (κ2) is 6.96. The first-order valence-electron chi connectivity index (χ1n) is 13.7. The van der Waals surface area contributed by atoms with E-state index in [9.17, 15) is 15.0 Å². The van der Waals surface area contributed by atoms with Crippen LogP contribution in [0.15, 0.2) is 11.6 Å². The van der Waals surface area contributed by atoms with Gasteiger partial charge in [0.05, 0.1) is 12.7 Å². The van der Waals surface area contributed by atoms with Crippen LogP contribution in [0.3, 0.4) is 0 Å². The summed E-state index contributed by atoms with van der Waals surface area (Å²) in [6, 6.07) is 0. The highest BCUT2D eigenvalue weighted by atomic mass is 16.3. The number of hydrogen-bond acceptors (Lipinski definition) is 3. The summed E-state index contributed by atoms with van der Waals surface area (Å²) in [6.45, 7) is 16.7. The topological polar surface area (TPSA) is 57.5 Å². The SMILES string of the molecule is CC1(C)CC[C@@]2(CO)[C@H](C1)C1=CC[C@@H]3[C@@]4(C)CCC(=O)C(C)(C)C4CC[C@@]3(C)[C@]1(C)C[C@@H]2O. The molecule has 0 spiro atoms. The Balaban J connectivity index is 1.62. The summed E-state index contributed by atoms with van der Waals surface area (Å²) in [5, 5.41) is 22.4. The third-order valence-electron chi connectivity index (χ3n) is 12.9. The van der Waals surface area contributed by atoms with Crippen molar-refractivity contribution in [2.24, 2.45) is 50.2 Å². The van der Waals surface area contributed by atoms with Gasteiger partial charge in [-0.2, -0.15) is 0 Å². The Hall–Kier alpha value is -0.670. The van der Waals surface area contributed by atoms with Crippen LogP contribution in [-0.2, 0) is 4.79 Å². The normalized spacial score (nSPS) is 52.6. The zero-order valence-corrected chi connectivity index (χ0v) is 22.3. The van der Waals surface area contributed by atoms with Crippen LogP contribution >= 0.6 is 0 Å². The zero-order valence-electron chi connectivity index (χ0n) is 22.3. The summed E-state index contributed by atoms with van der Waals surface area (Å²) < 4.78 is 0. The lowest BCUT2D eigenvalue weighted by Crippen LogP contribution is -2.66. The van der Waals surface area contributed by atoms with Crippen LogP contribution in [0.1, 0.15) is 106 Å². The van der Waals surface area contributed by atoms with Gasteiger partial charge in [-0.05, 0) is 90.8 Å². The third-order valence-corrected chi connectivity index (χ3v) is 12.9. The molecule has 0 aromatic heterocycles. The number of rotatable bonds is 1. The molecule has 8 atom stereocenters. The number of allylic oxidation sites excluding steroid dienone is 2. The Morgan fingerprint density at radius 3 is 2.30 bits per heavy atom. The van der Waals surface area contributed by atoms with Crippen LogP contribution in [0.2, 0.25) is 0 Å². The van der Waals surface area contributed by atoms with Crippen molar-refractivity contribution < 1.29 is 15.0 Å². The number of carbonyl (C=O) groups excluding carboxylic acids is 1. The molecule has 0 saturated heterocycles. The predicted octanol–water partition coefficient (Wildman–Crippen LogP) is 6.32. The molecule has 5 rings (SSSR count). The zero-order chi connectivity index (χ0) is 24.2. The maximum absolute atomic E-state index is 12.9. The van der Waals surface area contributed by atoms with E-state index in [0.717, 1.165) is 51.4 Å². The van der Waals surface area contributed by atoms with Crippen molar-refractivity contribution in [1.29, 1.82) is 0 Å². The molecule has 2 N–H and O–H groups in total. The van der Waals surface area contributed by atoms with Gasteiger partial charge in [0.2, 0.25) is 0 Å². The molecule has 1 unspecified atom stereocenters. The van der Waals surface area contributed by atoms with Gasteiger partial charge in [-0.3, -0.25) is 4.79 Å². The van der Waals surface area contributed by atoms with E-state index in [4.69, 9.17) is 0 Å². The number of aliphatic hydroxyl groups is 2. The van der Waals surface area contributed by atoms with Gasteiger partial charge in [-0.15, -0.1) is 0 Å². The van der Waals surface area contributed by atoms with Crippen molar-refractivity contribution >= 4 is 5.78 Å². The number of ketones is 1. The fourth-order valence-corrected chi connectivity index (χ4v) is 10.5. The van der Waals surface area contributed by atoms with Crippen LogP contribution in [-0.4, -0.2) is 28.7 Å². The summed E-state index contributed by atoms with van der Waals surface area (Å²) in [6.07, 6.45) is 11.0. The third kappa shape index (κ3) is 2.85. The average Bonchev–Trinajstić information content (AvgIpc) is 2.71. The van der Waals surface area contributed by atoms with Gasteiger partial charge in [-0.25, -0.2) is 0 Å². The highest BCUT2D eigenvalue weighted by Gasteiger charge is 2.69. The highest BCUT2D eigenvalue weighted by Crippen LogP contribution is 2.75. The van der Waals surface area contributed by atoms with Gasteiger partial charge >= 0.3 is 0 Å². The minimum Gasteiger partial charge on any atom is -0.396 e. The van der Waals surface area contributed by atoms with Crippen molar-refractivity contribution in [1.82, 2.24) is 0 Å². The molecule has 3 nitrogen and oxygen atoms in total. The molecule has 0 aromatic carbocycles. The number of Topliss-reactive ketones (excluding diaryl/α,β-unsaturated/α-hetero) is 1. The molecule has 0 bridgehead atoms. The molecule has 0 aromatic rings. The molecule has 4 fully saturated rings. The van der Waals surface area contributed by atoms with Gasteiger partial charge in [0.1, 0.15) is 5.78 Å². The Morgan fingerprint density at radius 1 is 0.939 bits per heavy atom. The largest absolute Gasteiger partial charge is 0.396 e. The van der Waals surface area contributed by atoms with Gasteiger partial charge in [0.15, 0.2) is 0 Å². The average molecular weight is 457 g/mol. The minimum atomic E-state index is -0.448. The summed E-state index contributed by atoms with van der Waals surface area (Å²) in [5.74, 6) is 1.71. The van der Waals surface area contributed by atoms with E-state index in [0.29, 0.717) is 24.0 Å². The maximum Gasteiger partial charge on any atom is 0.138 e. The Bertz CT molecular complexity index is 885. The fourth-order valence-electron chi connectivity index (χ4n) is 10.5. The summed E-state index contributed by atoms with van der Waals surface area (Å²) >= 11 is 0. The molecule has 186 valence electrons. The van der Waals surface area contributed by atoms with Crippen LogP contribution < -0.4 is 0 Å². The van der Waals surface area contributed by atoms with E-state index in [2.05, 4.69) is 54.5 Å². The molecule has 0 heterocycles. The summed E-state index contributed by atoms with van der Waals surface area (Å²) in [7, 11) is 0. The predicted molar refractivity (Wildman–Crippen MR) is 133 cm³/mol. The van der Waals surface area contributed by atoms with E-state index in [1.54, 1.807) is 5.57 Å². The molecule has 5 aliphatic carbocycles. The number of hydrogen-bond donors (Lipinski definition) is 2. The molecule has 5 aliphatic rings. The number of fused-ring (bicyclic) bond motifs is 7. The molecular formula is C30H48O3. The van der Waals surface area contributed by atoms with Crippen LogP contribution in [0.4, 0.5) is 0 Å². The molecule has 0 aliphatic heterocycles. The van der Waals surface area contributed by atoms with Crippen molar-refractivity contribution in [3.63, 3.8) is 0 Å². The molecule has 33 heavy (non-hydrogen) atoms. The lowest BCUT2D eigenvalue weighted by molar-refractivity contribution is -0.204. The van der Waals surface area contributed by atoms with E-state index in [1.807, 2.05) is 0 Å². The second-order valence-corrected chi connectivity index (χ2v) is 15.0. The van der Waals surface area contributed by atoms with Crippen LogP contribution in [0, 0.1) is 50.2 Å². The molecule has 4 saturated carbocycles. The lowest BCUT2D eigenvalue weighted by Gasteiger charge is -2.71. The highest BCUT2D eigenvalue weighted by molar-refractivity contribution is 5.85. The first-order valence-corrected chi connectivity index (χ1v) is 13.7. The van der Waals surface area contributed by atoms with Gasteiger partial charge in [0.25, 0.3) is 0 Å². The minimum absolute atomic E-state index is 0.0499. The van der Waals surface area contributed by atoms with Crippen molar-refractivity contribution in [3.8, 4) is 0 Å². The number of aliphatic hydroxyl groups excluding tert-OH is 2. The quantitative estimate of drug-likeness (QED) is 0.454. The standard InChI is InChI=1S/C30H48O3/c1-25(2)14-15-30(18-31)20(16-25)19-8-9-22-27(5)12-11-23(32)26(3,4)21(27)10-13-28(22,6)29(19,7)17-24(30)33/h8,20-22,24,31,33H,9-18H2,1-7H3/t20-,21?,22-,24+,27+,28-,29-,30-/m1/s1. The van der Waals surface area contributed by atoms with Gasteiger partial charge < -0.3 is 10.2 Å².